The second-order valence-corrected chi connectivity index (χ2v) is 6.14. The quantitative estimate of drug-likeness (QED) is 0.945. The van der Waals surface area contributed by atoms with Gasteiger partial charge in [0.25, 0.3) is 0 Å². The van der Waals surface area contributed by atoms with Gasteiger partial charge in [0.2, 0.25) is 10.0 Å². The van der Waals surface area contributed by atoms with Gasteiger partial charge in [0, 0.05) is 5.56 Å². The van der Waals surface area contributed by atoms with Crippen molar-refractivity contribution in [1.29, 1.82) is 0 Å². The zero-order valence-corrected chi connectivity index (χ0v) is 11.8. The molecule has 1 N–H and O–H groups in total. The largest absolute Gasteiger partial charge is 0.416 e. The van der Waals surface area contributed by atoms with Gasteiger partial charge in [0.1, 0.15) is 0 Å². The van der Waals surface area contributed by atoms with E-state index in [2.05, 4.69) is 4.72 Å². The van der Waals surface area contributed by atoms with Crippen LogP contribution in [-0.4, -0.2) is 15.5 Å². The summed E-state index contributed by atoms with van der Waals surface area (Å²) in [4.78, 5) is -0.397. The highest BCUT2D eigenvalue weighted by atomic mass is 32.2. The molecule has 0 amide bonds. The molecular weight excluding hydrogens is 303 g/mol. The molecule has 0 spiro atoms. The van der Waals surface area contributed by atoms with Crippen molar-refractivity contribution in [2.24, 2.45) is 0 Å². The number of alkyl halides is 3. The van der Waals surface area contributed by atoms with E-state index in [9.17, 15) is 21.6 Å². The second kappa shape index (κ2) is 5.50. The molecule has 0 aliphatic carbocycles. The third-order valence-electron chi connectivity index (χ3n) is 2.95. The molecule has 0 atom stereocenters. The van der Waals surface area contributed by atoms with Gasteiger partial charge in [-0.3, -0.25) is 0 Å². The molecule has 2 aromatic rings. The average Bonchev–Trinajstić information content (AvgIpc) is 2.46. The SMILES string of the molecule is CNS(=O)(=O)c1cc(C(F)(F)F)ccc1-c1ccccc1. The molecule has 0 unspecified atom stereocenters. The fraction of sp³-hybridized carbons (Fsp3) is 0.143. The van der Waals surface area contributed by atoms with Crippen molar-refractivity contribution in [3.05, 3.63) is 54.1 Å². The first-order valence-electron chi connectivity index (χ1n) is 5.96. The summed E-state index contributed by atoms with van der Waals surface area (Å²) >= 11 is 0. The molecule has 0 bridgehead atoms. The Labute approximate surface area is 120 Å². The highest BCUT2D eigenvalue weighted by Crippen LogP contribution is 2.35. The first kappa shape index (κ1) is 15.5. The first-order valence-corrected chi connectivity index (χ1v) is 7.44. The molecule has 0 aliphatic rings. The number of halogens is 3. The number of benzene rings is 2. The molecule has 112 valence electrons. The van der Waals surface area contributed by atoms with Crippen molar-refractivity contribution in [1.82, 2.24) is 4.72 Å². The van der Waals surface area contributed by atoms with Gasteiger partial charge in [0.15, 0.2) is 0 Å². The Bertz CT molecular complexity index is 741. The van der Waals surface area contributed by atoms with E-state index >= 15 is 0 Å². The van der Waals surface area contributed by atoms with Crippen LogP contribution in [-0.2, 0) is 16.2 Å². The Morgan fingerprint density at radius 1 is 1.00 bits per heavy atom. The first-order chi connectivity index (χ1) is 9.75. The van der Waals surface area contributed by atoms with E-state index in [-0.39, 0.29) is 5.56 Å². The smallest absolute Gasteiger partial charge is 0.214 e. The van der Waals surface area contributed by atoms with Crippen molar-refractivity contribution >= 4 is 10.0 Å². The van der Waals surface area contributed by atoms with Gasteiger partial charge in [-0.1, -0.05) is 36.4 Å². The summed E-state index contributed by atoms with van der Waals surface area (Å²) in [5.41, 5.74) is -0.256. The van der Waals surface area contributed by atoms with Crippen molar-refractivity contribution in [2.75, 3.05) is 7.05 Å². The molecule has 3 nitrogen and oxygen atoms in total. The van der Waals surface area contributed by atoms with Crippen LogP contribution in [0.15, 0.2) is 53.4 Å². The van der Waals surface area contributed by atoms with Crippen LogP contribution in [0.1, 0.15) is 5.56 Å². The third-order valence-corrected chi connectivity index (χ3v) is 4.41. The summed E-state index contributed by atoms with van der Waals surface area (Å²) in [5, 5.41) is 0. The van der Waals surface area contributed by atoms with E-state index < -0.39 is 26.7 Å². The fourth-order valence-electron chi connectivity index (χ4n) is 1.89. The number of nitrogens with one attached hydrogen (secondary N) is 1. The average molecular weight is 315 g/mol. The number of hydrogen-bond donors (Lipinski definition) is 1. The Morgan fingerprint density at radius 3 is 2.14 bits per heavy atom. The maximum absolute atomic E-state index is 12.8. The third kappa shape index (κ3) is 3.25. The molecule has 0 saturated carbocycles. The van der Waals surface area contributed by atoms with E-state index in [0.29, 0.717) is 11.6 Å². The van der Waals surface area contributed by atoms with Crippen LogP contribution >= 0.6 is 0 Å². The van der Waals surface area contributed by atoms with Crippen LogP contribution in [0.5, 0.6) is 0 Å². The van der Waals surface area contributed by atoms with Gasteiger partial charge < -0.3 is 0 Å². The predicted octanol–water partition coefficient (Wildman–Crippen LogP) is 3.28. The van der Waals surface area contributed by atoms with Gasteiger partial charge in [-0.2, -0.15) is 13.2 Å². The normalized spacial score (nSPS) is 12.4. The standard InChI is InChI=1S/C14H12F3NO2S/c1-18-21(19,20)13-9-11(14(15,16)17)7-8-12(13)10-5-3-2-4-6-10/h2-9,18H,1H3. The zero-order valence-electron chi connectivity index (χ0n) is 11.0. The summed E-state index contributed by atoms with van der Waals surface area (Å²) in [6.45, 7) is 0. The van der Waals surface area contributed by atoms with Gasteiger partial charge in [0.05, 0.1) is 10.5 Å². The van der Waals surface area contributed by atoms with E-state index in [1.54, 1.807) is 30.3 Å². The van der Waals surface area contributed by atoms with E-state index in [1.165, 1.54) is 6.07 Å². The topological polar surface area (TPSA) is 46.2 Å². The highest BCUT2D eigenvalue weighted by molar-refractivity contribution is 7.89. The molecule has 0 heterocycles. The number of hydrogen-bond acceptors (Lipinski definition) is 2. The summed E-state index contributed by atoms with van der Waals surface area (Å²) in [6, 6.07) is 11.1. The molecule has 0 fully saturated rings. The highest BCUT2D eigenvalue weighted by Gasteiger charge is 2.32. The van der Waals surface area contributed by atoms with E-state index in [4.69, 9.17) is 0 Å². The van der Waals surface area contributed by atoms with E-state index in [1.807, 2.05) is 0 Å². The maximum atomic E-state index is 12.8. The fourth-order valence-corrected chi connectivity index (χ4v) is 2.86. The van der Waals surface area contributed by atoms with Crippen LogP contribution in [0, 0.1) is 0 Å². The molecule has 7 heteroatoms. The Balaban J connectivity index is 2.73. The number of sulfonamides is 1. The summed E-state index contributed by atoms with van der Waals surface area (Å²) in [7, 11) is -2.85. The molecule has 0 aliphatic heterocycles. The maximum Gasteiger partial charge on any atom is 0.416 e. The molecular formula is C14H12F3NO2S. The minimum atomic E-state index is -4.60. The Hall–Kier alpha value is -1.86. The lowest BCUT2D eigenvalue weighted by Gasteiger charge is -2.13. The molecule has 2 rings (SSSR count). The monoisotopic (exact) mass is 315 g/mol. The van der Waals surface area contributed by atoms with Gasteiger partial charge in [-0.05, 0) is 24.7 Å². The van der Waals surface area contributed by atoms with E-state index in [0.717, 1.165) is 13.1 Å². The van der Waals surface area contributed by atoms with Gasteiger partial charge in [-0.25, -0.2) is 13.1 Å². The van der Waals surface area contributed by atoms with Crippen LogP contribution in [0.25, 0.3) is 11.1 Å². The van der Waals surface area contributed by atoms with Crippen LogP contribution in [0.2, 0.25) is 0 Å². The molecule has 0 radical (unpaired) electrons. The molecule has 2 aromatic carbocycles. The summed E-state index contributed by atoms with van der Waals surface area (Å²) in [6.07, 6.45) is -4.60. The molecule has 0 saturated heterocycles. The lowest BCUT2D eigenvalue weighted by molar-refractivity contribution is -0.137. The minimum Gasteiger partial charge on any atom is -0.214 e. The van der Waals surface area contributed by atoms with Crippen molar-refractivity contribution < 1.29 is 21.6 Å². The number of rotatable bonds is 3. The summed E-state index contributed by atoms with van der Waals surface area (Å²) in [5.74, 6) is 0. The molecule has 21 heavy (non-hydrogen) atoms. The predicted molar refractivity (Wildman–Crippen MR) is 73.1 cm³/mol. The van der Waals surface area contributed by atoms with Gasteiger partial charge >= 0.3 is 6.18 Å². The minimum absolute atomic E-state index is 0.220. The summed E-state index contributed by atoms with van der Waals surface area (Å²) < 4.78 is 64.4. The molecule has 0 aromatic heterocycles. The second-order valence-electron chi connectivity index (χ2n) is 4.28. The Kier molecular flexibility index (Phi) is 4.06. The zero-order chi connectivity index (χ0) is 15.7. The van der Waals surface area contributed by atoms with Crippen molar-refractivity contribution in [3.8, 4) is 11.1 Å². The van der Waals surface area contributed by atoms with Crippen LogP contribution in [0.3, 0.4) is 0 Å². The lowest BCUT2D eigenvalue weighted by Crippen LogP contribution is -2.20. The van der Waals surface area contributed by atoms with Gasteiger partial charge in [-0.15, -0.1) is 0 Å². The Morgan fingerprint density at radius 2 is 1.62 bits per heavy atom. The van der Waals surface area contributed by atoms with Crippen LogP contribution in [0.4, 0.5) is 13.2 Å². The van der Waals surface area contributed by atoms with Crippen LogP contribution < -0.4 is 4.72 Å². The lowest BCUT2D eigenvalue weighted by atomic mass is 10.0. The van der Waals surface area contributed by atoms with Crippen molar-refractivity contribution in [2.45, 2.75) is 11.1 Å². The van der Waals surface area contributed by atoms with Crippen molar-refractivity contribution in [3.63, 3.8) is 0 Å².